The predicted molar refractivity (Wildman–Crippen MR) is 84.1 cm³/mol. The minimum atomic E-state index is -0.230. The van der Waals surface area contributed by atoms with Crippen LogP contribution in [0.3, 0.4) is 0 Å². The Balaban J connectivity index is 1.66. The fourth-order valence-electron chi connectivity index (χ4n) is 6.16. The Kier molecular flexibility index (Phi) is 3.24. The molecule has 1 N–H and O–H groups in total. The van der Waals surface area contributed by atoms with Gasteiger partial charge in [-0.25, -0.2) is 0 Å². The van der Waals surface area contributed by atoms with Gasteiger partial charge in [-0.05, 0) is 69.1 Å². The first-order chi connectivity index (χ1) is 10.4. The van der Waals surface area contributed by atoms with Crippen LogP contribution in [0.2, 0.25) is 0 Å². The third kappa shape index (κ3) is 2.01. The van der Waals surface area contributed by atoms with Crippen LogP contribution in [0.1, 0.15) is 65.2 Å². The van der Waals surface area contributed by atoms with E-state index in [4.69, 9.17) is 4.74 Å². The third-order valence-corrected chi connectivity index (χ3v) is 7.42. The summed E-state index contributed by atoms with van der Waals surface area (Å²) in [6, 6.07) is 0. The number of aliphatic hydroxyl groups is 1. The van der Waals surface area contributed by atoms with E-state index in [1.165, 1.54) is 5.57 Å². The van der Waals surface area contributed by atoms with Crippen molar-refractivity contribution >= 4 is 5.97 Å². The van der Waals surface area contributed by atoms with Crippen LogP contribution in [-0.4, -0.2) is 22.8 Å². The Labute approximate surface area is 133 Å². The first-order valence-corrected chi connectivity index (χ1v) is 9.02. The lowest BCUT2D eigenvalue weighted by Crippen LogP contribution is -2.56. The molecule has 6 atom stereocenters. The van der Waals surface area contributed by atoms with Crippen molar-refractivity contribution in [1.29, 1.82) is 0 Å². The van der Waals surface area contributed by atoms with Crippen molar-refractivity contribution in [3.05, 3.63) is 11.6 Å². The second kappa shape index (κ2) is 4.83. The Bertz CT molecular complexity index is 525. The number of rotatable bonds is 0. The minimum absolute atomic E-state index is 0.00348. The standard InChI is InChI=1S/C19H28O3/c1-18-9-7-13(20)11-12(18)3-4-14-15(18)8-10-19(2)16(14)5-6-17(21)22-19/h3,13-16,20H,4-11H2,1-2H3/t13?,14-,15+,16+,18+,19+/m1/s1. The summed E-state index contributed by atoms with van der Waals surface area (Å²) in [6.07, 6.45) is 10.1. The van der Waals surface area contributed by atoms with Crippen LogP contribution >= 0.6 is 0 Å². The molecule has 1 unspecified atom stereocenters. The van der Waals surface area contributed by atoms with Crippen molar-refractivity contribution in [3.63, 3.8) is 0 Å². The van der Waals surface area contributed by atoms with Gasteiger partial charge < -0.3 is 9.84 Å². The molecular formula is C19H28O3. The zero-order chi connectivity index (χ0) is 15.5. The number of carbonyl (C=O) groups is 1. The van der Waals surface area contributed by atoms with E-state index in [-0.39, 0.29) is 23.1 Å². The van der Waals surface area contributed by atoms with E-state index in [1.54, 1.807) is 0 Å². The van der Waals surface area contributed by atoms with Crippen LogP contribution in [0.15, 0.2) is 11.6 Å². The highest BCUT2D eigenvalue weighted by Crippen LogP contribution is 2.61. The average Bonchev–Trinajstić information content (AvgIpc) is 2.46. The Morgan fingerprint density at radius 3 is 2.82 bits per heavy atom. The minimum Gasteiger partial charge on any atom is -0.459 e. The second-order valence-electron chi connectivity index (χ2n) is 8.52. The van der Waals surface area contributed by atoms with Gasteiger partial charge in [0.05, 0.1) is 6.10 Å². The Morgan fingerprint density at radius 1 is 1.18 bits per heavy atom. The quantitative estimate of drug-likeness (QED) is 0.549. The lowest BCUT2D eigenvalue weighted by molar-refractivity contribution is -0.192. The summed E-state index contributed by atoms with van der Waals surface area (Å²) in [7, 11) is 0. The van der Waals surface area contributed by atoms with E-state index in [1.807, 2.05) is 0 Å². The average molecular weight is 304 g/mol. The zero-order valence-electron chi connectivity index (χ0n) is 13.8. The van der Waals surface area contributed by atoms with E-state index in [0.717, 1.165) is 44.9 Å². The van der Waals surface area contributed by atoms with E-state index >= 15 is 0 Å². The Hall–Kier alpha value is -0.830. The summed E-state index contributed by atoms with van der Waals surface area (Å²) in [6.45, 7) is 4.59. The van der Waals surface area contributed by atoms with Gasteiger partial charge in [-0.1, -0.05) is 18.6 Å². The molecule has 22 heavy (non-hydrogen) atoms. The molecule has 0 amide bonds. The molecular weight excluding hydrogens is 276 g/mol. The molecule has 1 heterocycles. The van der Waals surface area contributed by atoms with Gasteiger partial charge >= 0.3 is 5.97 Å². The van der Waals surface area contributed by atoms with Crippen LogP contribution in [0.5, 0.6) is 0 Å². The summed E-state index contributed by atoms with van der Waals surface area (Å²) < 4.78 is 5.81. The van der Waals surface area contributed by atoms with Crippen molar-refractivity contribution in [2.45, 2.75) is 76.9 Å². The highest BCUT2D eigenvalue weighted by molar-refractivity contribution is 5.71. The highest BCUT2D eigenvalue weighted by Gasteiger charge is 2.57. The largest absolute Gasteiger partial charge is 0.459 e. The molecule has 0 spiro atoms. The maximum atomic E-state index is 11.7. The highest BCUT2D eigenvalue weighted by atomic mass is 16.6. The molecule has 1 aliphatic heterocycles. The number of hydrogen-bond acceptors (Lipinski definition) is 3. The monoisotopic (exact) mass is 304 g/mol. The molecule has 3 aliphatic carbocycles. The summed E-state index contributed by atoms with van der Waals surface area (Å²) >= 11 is 0. The van der Waals surface area contributed by atoms with Crippen molar-refractivity contribution in [1.82, 2.24) is 0 Å². The number of ether oxygens (including phenoxy) is 1. The van der Waals surface area contributed by atoms with Gasteiger partial charge in [-0.15, -0.1) is 0 Å². The van der Waals surface area contributed by atoms with Gasteiger partial charge in [0.2, 0.25) is 0 Å². The molecule has 4 aliphatic rings. The smallest absolute Gasteiger partial charge is 0.306 e. The number of aliphatic hydroxyl groups excluding tert-OH is 1. The molecule has 0 aromatic heterocycles. The lowest BCUT2D eigenvalue weighted by atomic mass is 9.49. The van der Waals surface area contributed by atoms with Crippen molar-refractivity contribution in [2.75, 3.05) is 0 Å². The number of allylic oxidation sites excluding steroid dienone is 1. The molecule has 0 bridgehead atoms. The van der Waals surface area contributed by atoms with Crippen molar-refractivity contribution < 1.29 is 14.6 Å². The SMILES string of the molecule is C[C@]12CCC(O)CC1=CC[C@@H]1[C@@H]2CC[C@]2(C)OC(=O)CC[C@@H]12. The fraction of sp³-hybridized carbons (Fsp3) is 0.842. The van der Waals surface area contributed by atoms with Crippen LogP contribution in [0.4, 0.5) is 0 Å². The predicted octanol–water partition coefficient (Wildman–Crippen LogP) is 3.61. The molecule has 3 fully saturated rings. The normalized spacial score (nSPS) is 51.0. The first kappa shape index (κ1) is 14.7. The van der Waals surface area contributed by atoms with Crippen LogP contribution in [-0.2, 0) is 9.53 Å². The van der Waals surface area contributed by atoms with Crippen LogP contribution in [0.25, 0.3) is 0 Å². The fourth-order valence-corrected chi connectivity index (χ4v) is 6.16. The van der Waals surface area contributed by atoms with E-state index in [0.29, 0.717) is 24.2 Å². The second-order valence-corrected chi connectivity index (χ2v) is 8.52. The Morgan fingerprint density at radius 2 is 2.00 bits per heavy atom. The van der Waals surface area contributed by atoms with Crippen molar-refractivity contribution in [2.24, 2.45) is 23.2 Å². The van der Waals surface area contributed by atoms with Gasteiger partial charge in [0, 0.05) is 12.3 Å². The number of hydrogen-bond donors (Lipinski definition) is 1. The molecule has 0 aromatic rings. The molecule has 122 valence electrons. The molecule has 4 rings (SSSR count). The van der Waals surface area contributed by atoms with Crippen LogP contribution in [0, 0.1) is 23.2 Å². The lowest BCUT2D eigenvalue weighted by Gasteiger charge is -2.59. The third-order valence-electron chi connectivity index (χ3n) is 7.42. The first-order valence-electron chi connectivity index (χ1n) is 9.02. The molecule has 0 aromatic carbocycles. The number of esters is 1. The topological polar surface area (TPSA) is 46.5 Å². The summed E-state index contributed by atoms with van der Waals surface area (Å²) in [4.78, 5) is 11.7. The van der Waals surface area contributed by atoms with Gasteiger partial charge in [0.1, 0.15) is 5.60 Å². The van der Waals surface area contributed by atoms with E-state index in [2.05, 4.69) is 19.9 Å². The summed E-state index contributed by atoms with van der Waals surface area (Å²) in [5.41, 5.74) is 1.54. The number of carbonyl (C=O) groups excluding carboxylic acids is 1. The molecule has 3 heteroatoms. The number of fused-ring (bicyclic) bond motifs is 5. The van der Waals surface area contributed by atoms with Gasteiger partial charge in [-0.2, -0.15) is 0 Å². The maximum Gasteiger partial charge on any atom is 0.306 e. The molecule has 3 nitrogen and oxygen atoms in total. The van der Waals surface area contributed by atoms with Crippen molar-refractivity contribution in [3.8, 4) is 0 Å². The van der Waals surface area contributed by atoms with Gasteiger partial charge in [-0.3, -0.25) is 4.79 Å². The summed E-state index contributed by atoms with van der Waals surface area (Å²) in [5, 5.41) is 10.0. The zero-order valence-corrected chi connectivity index (χ0v) is 13.8. The molecule has 1 saturated heterocycles. The van der Waals surface area contributed by atoms with Gasteiger partial charge in [0.25, 0.3) is 0 Å². The van der Waals surface area contributed by atoms with E-state index < -0.39 is 0 Å². The molecule has 2 saturated carbocycles. The summed E-state index contributed by atoms with van der Waals surface area (Å²) in [5.74, 6) is 1.87. The molecule has 0 radical (unpaired) electrons. The maximum absolute atomic E-state index is 11.7. The van der Waals surface area contributed by atoms with Gasteiger partial charge in [0.15, 0.2) is 0 Å². The van der Waals surface area contributed by atoms with Crippen LogP contribution < -0.4 is 0 Å². The van der Waals surface area contributed by atoms with E-state index in [9.17, 15) is 9.90 Å².